The van der Waals surface area contributed by atoms with Crippen LogP contribution in [0, 0.1) is 0 Å². The van der Waals surface area contributed by atoms with E-state index in [2.05, 4.69) is 15.2 Å². The molecule has 2 rings (SSSR count). The van der Waals surface area contributed by atoms with Crippen molar-refractivity contribution in [2.24, 2.45) is 0 Å². The van der Waals surface area contributed by atoms with Crippen molar-refractivity contribution < 1.29 is 4.79 Å². The third kappa shape index (κ3) is 3.18. The third-order valence-electron chi connectivity index (χ3n) is 3.01. The molecule has 1 aliphatic rings. The molecular weight excluding hydrogens is 202 g/mol. The summed E-state index contributed by atoms with van der Waals surface area (Å²) in [6.07, 6.45) is 5.37. The van der Waals surface area contributed by atoms with E-state index in [1.54, 1.807) is 12.4 Å². The zero-order chi connectivity index (χ0) is 11.2. The normalized spacial score (nSPS) is 18.2. The highest BCUT2D eigenvalue weighted by atomic mass is 16.1. The molecule has 0 aromatic carbocycles. The number of nitrogens with one attached hydrogen (secondary N) is 2. The average Bonchev–Trinajstić information content (AvgIpc) is 2.71. The summed E-state index contributed by atoms with van der Waals surface area (Å²) in [6, 6.07) is 1.84. The van der Waals surface area contributed by atoms with E-state index in [1.807, 2.05) is 6.07 Å². The summed E-state index contributed by atoms with van der Waals surface area (Å²) in [7, 11) is 0. The van der Waals surface area contributed by atoms with Crippen molar-refractivity contribution in [3.8, 4) is 0 Å². The minimum atomic E-state index is 0.235. The molecule has 1 fully saturated rings. The summed E-state index contributed by atoms with van der Waals surface area (Å²) in [5.41, 5.74) is 0.799. The molecule has 0 saturated carbocycles. The predicted molar refractivity (Wildman–Crippen MR) is 63.7 cm³/mol. The maximum absolute atomic E-state index is 11.8. The number of rotatable bonds is 4. The summed E-state index contributed by atoms with van der Waals surface area (Å²) in [5.74, 6) is 0.235. The van der Waals surface area contributed by atoms with E-state index in [-0.39, 0.29) is 5.78 Å². The van der Waals surface area contributed by atoms with Crippen molar-refractivity contribution in [3.63, 3.8) is 0 Å². The van der Waals surface area contributed by atoms with E-state index in [4.69, 9.17) is 0 Å². The van der Waals surface area contributed by atoms with E-state index < -0.39 is 0 Å². The van der Waals surface area contributed by atoms with Crippen molar-refractivity contribution in [2.75, 3.05) is 32.7 Å². The van der Waals surface area contributed by atoms with Crippen molar-refractivity contribution in [2.45, 2.75) is 12.8 Å². The van der Waals surface area contributed by atoms with E-state index in [9.17, 15) is 4.79 Å². The Morgan fingerprint density at radius 1 is 1.38 bits per heavy atom. The van der Waals surface area contributed by atoms with Gasteiger partial charge in [-0.2, -0.15) is 0 Å². The van der Waals surface area contributed by atoms with Crippen LogP contribution in [0.2, 0.25) is 0 Å². The Morgan fingerprint density at radius 2 is 2.31 bits per heavy atom. The van der Waals surface area contributed by atoms with Gasteiger partial charge in [0.15, 0.2) is 5.78 Å². The third-order valence-corrected chi connectivity index (χ3v) is 3.01. The van der Waals surface area contributed by atoms with E-state index in [0.717, 1.165) is 38.3 Å². The Morgan fingerprint density at radius 3 is 3.12 bits per heavy atom. The van der Waals surface area contributed by atoms with Gasteiger partial charge in [0.2, 0.25) is 0 Å². The molecular formula is C12H19N3O. The Kier molecular flexibility index (Phi) is 4.13. The first kappa shape index (κ1) is 11.4. The second kappa shape index (κ2) is 5.82. The van der Waals surface area contributed by atoms with Gasteiger partial charge in [-0.3, -0.25) is 4.79 Å². The molecule has 0 atom stereocenters. The van der Waals surface area contributed by atoms with Gasteiger partial charge in [-0.05, 0) is 25.6 Å². The fourth-order valence-electron chi connectivity index (χ4n) is 2.03. The maximum Gasteiger partial charge on any atom is 0.165 e. The van der Waals surface area contributed by atoms with Crippen molar-refractivity contribution >= 4 is 5.78 Å². The molecule has 2 heterocycles. The topological polar surface area (TPSA) is 48.1 Å². The maximum atomic E-state index is 11.8. The summed E-state index contributed by atoms with van der Waals surface area (Å²) >= 11 is 0. The van der Waals surface area contributed by atoms with Crippen LogP contribution >= 0.6 is 0 Å². The number of carbonyl (C=O) groups excluding carboxylic acids is 1. The summed E-state index contributed by atoms with van der Waals surface area (Å²) in [5, 5.41) is 3.36. The zero-order valence-electron chi connectivity index (χ0n) is 9.54. The SMILES string of the molecule is O=C(CCN1CCCNCC1)c1cc[nH]c1. The molecule has 1 aromatic rings. The van der Waals surface area contributed by atoms with Gasteiger partial charge < -0.3 is 15.2 Å². The van der Waals surface area contributed by atoms with Crippen LogP contribution in [-0.2, 0) is 0 Å². The van der Waals surface area contributed by atoms with Crippen LogP contribution in [0.3, 0.4) is 0 Å². The van der Waals surface area contributed by atoms with Crippen LogP contribution < -0.4 is 5.32 Å². The predicted octanol–water partition coefficient (Wildman–Crippen LogP) is 0.883. The number of hydrogen-bond acceptors (Lipinski definition) is 3. The minimum absolute atomic E-state index is 0.235. The molecule has 88 valence electrons. The Bertz CT molecular complexity index is 313. The quantitative estimate of drug-likeness (QED) is 0.742. The van der Waals surface area contributed by atoms with Gasteiger partial charge in [-0.15, -0.1) is 0 Å². The van der Waals surface area contributed by atoms with Crippen LogP contribution in [0.4, 0.5) is 0 Å². The first-order valence-corrected chi connectivity index (χ1v) is 5.95. The highest BCUT2D eigenvalue weighted by molar-refractivity contribution is 5.95. The molecule has 1 saturated heterocycles. The number of nitrogens with zero attached hydrogens (tertiary/aromatic N) is 1. The lowest BCUT2D eigenvalue weighted by atomic mass is 10.1. The van der Waals surface area contributed by atoms with Crippen LogP contribution in [0.1, 0.15) is 23.2 Å². The van der Waals surface area contributed by atoms with Crippen LogP contribution in [0.5, 0.6) is 0 Å². The van der Waals surface area contributed by atoms with Crippen molar-refractivity contribution in [3.05, 3.63) is 24.0 Å². The first-order valence-electron chi connectivity index (χ1n) is 5.95. The monoisotopic (exact) mass is 221 g/mol. The molecule has 1 aromatic heterocycles. The number of Topliss-reactive ketones (excluding diaryl/α,β-unsaturated/α-hetero) is 1. The molecule has 0 radical (unpaired) electrons. The molecule has 0 amide bonds. The minimum Gasteiger partial charge on any atom is -0.367 e. The molecule has 1 aliphatic heterocycles. The first-order chi connectivity index (χ1) is 7.86. The molecule has 4 nitrogen and oxygen atoms in total. The summed E-state index contributed by atoms with van der Waals surface area (Å²) < 4.78 is 0. The van der Waals surface area contributed by atoms with Gasteiger partial charge in [0.25, 0.3) is 0 Å². The Hall–Kier alpha value is -1.13. The number of carbonyl (C=O) groups is 1. The number of ketones is 1. The number of aromatic nitrogens is 1. The van der Waals surface area contributed by atoms with Crippen LogP contribution in [-0.4, -0.2) is 48.4 Å². The van der Waals surface area contributed by atoms with Crippen molar-refractivity contribution in [1.29, 1.82) is 0 Å². The largest absolute Gasteiger partial charge is 0.367 e. The Labute approximate surface area is 96.0 Å². The van der Waals surface area contributed by atoms with Gasteiger partial charge in [-0.25, -0.2) is 0 Å². The molecule has 0 aliphatic carbocycles. The number of H-pyrrole nitrogens is 1. The lowest BCUT2D eigenvalue weighted by Gasteiger charge is -2.18. The number of aromatic amines is 1. The number of hydrogen-bond donors (Lipinski definition) is 2. The highest BCUT2D eigenvalue weighted by Gasteiger charge is 2.11. The summed E-state index contributed by atoms with van der Waals surface area (Å²) in [6.45, 7) is 5.18. The summed E-state index contributed by atoms with van der Waals surface area (Å²) in [4.78, 5) is 17.1. The van der Waals surface area contributed by atoms with E-state index in [1.165, 1.54) is 6.42 Å². The molecule has 2 N–H and O–H groups in total. The van der Waals surface area contributed by atoms with Crippen LogP contribution in [0.15, 0.2) is 18.5 Å². The average molecular weight is 221 g/mol. The van der Waals surface area contributed by atoms with Gasteiger partial charge in [0.05, 0.1) is 0 Å². The van der Waals surface area contributed by atoms with Gasteiger partial charge in [0.1, 0.15) is 0 Å². The van der Waals surface area contributed by atoms with Crippen molar-refractivity contribution in [1.82, 2.24) is 15.2 Å². The smallest absolute Gasteiger partial charge is 0.165 e. The Balaban J connectivity index is 1.76. The lowest BCUT2D eigenvalue weighted by Crippen LogP contribution is -2.30. The second-order valence-corrected chi connectivity index (χ2v) is 4.22. The fourth-order valence-corrected chi connectivity index (χ4v) is 2.03. The molecule has 16 heavy (non-hydrogen) atoms. The highest BCUT2D eigenvalue weighted by Crippen LogP contribution is 2.04. The van der Waals surface area contributed by atoms with Gasteiger partial charge >= 0.3 is 0 Å². The standard InChI is InChI=1S/C12H19N3O/c16-12(11-2-5-14-10-11)3-8-15-7-1-4-13-6-9-15/h2,5,10,13-14H,1,3-4,6-9H2. The second-order valence-electron chi connectivity index (χ2n) is 4.22. The molecule has 4 heteroatoms. The van der Waals surface area contributed by atoms with Gasteiger partial charge in [-0.1, -0.05) is 0 Å². The molecule has 0 bridgehead atoms. The molecule has 0 spiro atoms. The van der Waals surface area contributed by atoms with E-state index in [0.29, 0.717) is 6.42 Å². The lowest BCUT2D eigenvalue weighted by molar-refractivity contribution is 0.0965. The van der Waals surface area contributed by atoms with Crippen LogP contribution in [0.25, 0.3) is 0 Å². The fraction of sp³-hybridized carbons (Fsp3) is 0.583. The van der Waals surface area contributed by atoms with Gasteiger partial charge in [0, 0.05) is 44.0 Å². The van der Waals surface area contributed by atoms with E-state index >= 15 is 0 Å². The zero-order valence-corrected chi connectivity index (χ0v) is 9.54. The molecule has 0 unspecified atom stereocenters.